The molecule has 0 atom stereocenters. The van der Waals surface area contributed by atoms with Gasteiger partial charge in [0.15, 0.2) is 0 Å². The second-order valence-electron chi connectivity index (χ2n) is 10.3. The van der Waals surface area contributed by atoms with Gasteiger partial charge in [0.25, 0.3) is 23.6 Å². The van der Waals surface area contributed by atoms with E-state index in [1.807, 2.05) is 25.9 Å². The molecule has 0 saturated heterocycles. The smallest absolute Gasteiger partial charge is 0.276 e. The highest BCUT2D eigenvalue weighted by Crippen LogP contribution is 2.39. The van der Waals surface area contributed by atoms with Gasteiger partial charge in [0.1, 0.15) is 0 Å². The van der Waals surface area contributed by atoms with Crippen LogP contribution in [0.15, 0.2) is 24.3 Å². The number of amides is 4. The van der Waals surface area contributed by atoms with Crippen molar-refractivity contribution in [2.45, 2.75) is 53.5 Å². The van der Waals surface area contributed by atoms with Crippen LogP contribution in [-0.4, -0.2) is 107 Å². The Labute approximate surface area is 231 Å². The molecule has 9 heteroatoms. The fourth-order valence-electron chi connectivity index (χ4n) is 5.68. The number of imide groups is 2. The van der Waals surface area contributed by atoms with Crippen molar-refractivity contribution in [2.75, 3.05) is 52.9 Å². The average molecular weight is 536 g/mol. The Bertz CT molecular complexity index is 1210. The third-order valence-electron chi connectivity index (χ3n) is 8.34. The summed E-state index contributed by atoms with van der Waals surface area (Å²) in [6.07, 6.45) is 1.32. The van der Waals surface area contributed by atoms with Crippen LogP contribution < -0.4 is 0 Å². The zero-order chi connectivity index (χ0) is 28.4. The Hall–Kier alpha value is -3.14. The predicted molar refractivity (Wildman–Crippen MR) is 152 cm³/mol. The normalized spacial score (nSPS) is 15.3. The lowest BCUT2D eigenvalue weighted by molar-refractivity contribution is -0.00953. The molecule has 0 aliphatic carbocycles. The van der Waals surface area contributed by atoms with E-state index < -0.39 is 11.8 Å². The average Bonchev–Trinajstić information content (AvgIpc) is 2.95. The van der Waals surface area contributed by atoms with Crippen molar-refractivity contribution < 1.29 is 19.2 Å². The van der Waals surface area contributed by atoms with Crippen LogP contribution in [0.2, 0.25) is 0 Å². The summed E-state index contributed by atoms with van der Waals surface area (Å²) in [6.45, 7) is 15.2. The molecule has 2 heterocycles. The van der Waals surface area contributed by atoms with Gasteiger partial charge in [-0.25, -0.2) is 10.0 Å². The van der Waals surface area contributed by atoms with E-state index in [1.165, 1.54) is 9.91 Å². The minimum atomic E-state index is -0.419. The number of rotatable bonds is 13. The molecule has 2 aliphatic heterocycles. The van der Waals surface area contributed by atoms with Gasteiger partial charge in [-0.15, -0.1) is 0 Å². The van der Waals surface area contributed by atoms with Crippen LogP contribution in [0, 0.1) is 0 Å². The molecule has 2 aromatic carbocycles. The fraction of sp³-hybridized carbons (Fsp3) is 0.533. The second-order valence-corrected chi connectivity index (χ2v) is 10.3. The third-order valence-corrected chi connectivity index (χ3v) is 8.34. The van der Waals surface area contributed by atoms with Crippen molar-refractivity contribution in [2.24, 2.45) is 0 Å². The summed E-state index contributed by atoms with van der Waals surface area (Å²) in [7, 11) is 2.01. The minimum Gasteiger partial charge on any atom is -0.305 e. The van der Waals surface area contributed by atoms with E-state index in [2.05, 4.69) is 30.6 Å². The van der Waals surface area contributed by atoms with E-state index in [1.54, 1.807) is 24.3 Å². The highest BCUT2D eigenvalue weighted by Gasteiger charge is 2.42. The summed E-state index contributed by atoms with van der Waals surface area (Å²) < 4.78 is 0. The highest BCUT2D eigenvalue weighted by molar-refractivity contribution is 6.33. The molecule has 0 fully saturated rings. The molecular weight excluding hydrogens is 494 g/mol. The van der Waals surface area contributed by atoms with Crippen LogP contribution in [0.1, 0.15) is 88.9 Å². The van der Waals surface area contributed by atoms with E-state index >= 15 is 0 Å². The van der Waals surface area contributed by atoms with Crippen molar-refractivity contribution in [1.82, 2.24) is 24.7 Å². The zero-order valence-corrected chi connectivity index (χ0v) is 24.1. The Kier molecular flexibility index (Phi) is 8.83. The summed E-state index contributed by atoms with van der Waals surface area (Å²) in [5, 5.41) is 3.96. The molecule has 9 nitrogen and oxygen atoms in total. The third kappa shape index (κ3) is 4.99. The summed E-state index contributed by atoms with van der Waals surface area (Å²) in [5.74, 6) is -1.57. The Morgan fingerprint density at radius 3 is 1.46 bits per heavy atom. The monoisotopic (exact) mass is 535 g/mol. The van der Waals surface area contributed by atoms with Gasteiger partial charge < -0.3 is 9.80 Å². The molecular formula is C30H41N5O4. The number of hydrogen-bond acceptors (Lipinski definition) is 7. The molecule has 0 unspecified atom stereocenters. The van der Waals surface area contributed by atoms with Gasteiger partial charge in [0.2, 0.25) is 0 Å². The van der Waals surface area contributed by atoms with Crippen LogP contribution in [0.25, 0.3) is 10.8 Å². The van der Waals surface area contributed by atoms with Crippen molar-refractivity contribution in [1.29, 1.82) is 0 Å². The van der Waals surface area contributed by atoms with Crippen LogP contribution in [0.3, 0.4) is 0 Å². The van der Waals surface area contributed by atoms with Gasteiger partial charge in [-0.05, 0) is 63.8 Å². The van der Waals surface area contributed by atoms with E-state index in [0.717, 1.165) is 26.2 Å². The Balaban J connectivity index is 1.78. The molecule has 0 N–H and O–H groups in total. The first-order valence-electron chi connectivity index (χ1n) is 14.3. The minimum absolute atomic E-state index is 0.208. The number of carbonyl (C=O) groups is 4. The van der Waals surface area contributed by atoms with Crippen molar-refractivity contribution in [3.05, 3.63) is 46.5 Å². The van der Waals surface area contributed by atoms with Crippen molar-refractivity contribution in [3.63, 3.8) is 0 Å². The lowest BCUT2D eigenvalue weighted by Gasteiger charge is -2.39. The molecule has 2 aliphatic rings. The van der Waals surface area contributed by atoms with Gasteiger partial charge in [0, 0.05) is 54.1 Å². The first-order chi connectivity index (χ1) is 18.7. The molecule has 39 heavy (non-hydrogen) atoms. The molecule has 2 aromatic rings. The molecule has 4 amide bonds. The molecule has 0 spiro atoms. The Morgan fingerprint density at radius 1 is 0.615 bits per heavy atom. The largest absolute Gasteiger partial charge is 0.305 e. The van der Waals surface area contributed by atoms with Crippen LogP contribution in [0.5, 0.6) is 0 Å². The molecule has 0 saturated carbocycles. The lowest BCUT2D eigenvalue weighted by Crippen LogP contribution is -2.55. The maximum atomic E-state index is 14.0. The second kappa shape index (κ2) is 11.9. The summed E-state index contributed by atoms with van der Waals surface area (Å²) >= 11 is 0. The first-order valence-corrected chi connectivity index (χ1v) is 14.3. The van der Waals surface area contributed by atoms with Gasteiger partial charge in [-0.1, -0.05) is 34.6 Å². The Morgan fingerprint density at radius 2 is 1.05 bits per heavy atom. The number of nitrogens with zero attached hydrogens (tertiary/aromatic N) is 5. The fourth-order valence-corrected chi connectivity index (χ4v) is 5.68. The van der Waals surface area contributed by atoms with Gasteiger partial charge in [-0.3, -0.25) is 24.1 Å². The quantitative estimate of drug-likeness (QED) is 0.362. The number of likely N-dealkylation sites (N-methyl/N-ethyl adjacent to an activating group) is 2. The van der Waals surface area contributed by atoms with E-state index in [9.17, 15) is 19.2 Å². The van der Waals surface area contributed by atoms with Crippen molar-refractivity contribution >= 4 is 34.4 Å². The summed E-state index contributed by atoms with van der Waals surface area (Å²) in [4.78, 5) is 60.7. The molecule has 210 valence electrons. The van der Waals surface area contributed by atoms with E-state index in [4.69, 9.17) is 0 Å². The number of hydrazine groups is 1. The maximum Gasteiger partial charge on any atom is 0.276 e. The summed E-state index contributed by atoms with van der Waals surface area (Å²) in [5.41, 5.74) is 1.43. The van der Waals surface area contributed by atoms with E-state index in [0.29, 0.717) is 65.5 Å². The number of carbonyl (C=O) groups excluding carboxylic acids is 4. The van der Waals surface area contributed by atoms with Crippen LogP contribution in [0.4, 0.5) is 0 Å². The van der Waals surface area contributed by atoms with Crippen LogP contribution >= 0.6 is 0 Å². The SMILES string of the molecule is CCC(CC)N1C(=O)c2ccc3c4c(ccc(c24)C1=O)C(=O)N(N(CCN(C)CC)CCN(CC)CC)C3=O. The first kappa shape index (κ1) is 28.9. The maximum absolute atomic E-state index is 14.0. The molecule has 0 bridgehead atoms. The molecule has 4 rings (SSSR count). The highest BCUT2D eigenvalue weighted by atomic mass is 16.2. The van der Waals surface area contributed by atoms with Crippen molar-refractivity contribution in [3.8, 4) is 0 Å². The van der Waals surface area contributed by atoms with Gasteiger partial charge in [-0.2, -0.15) is 0 Å². The molecule has 0 aromatic heterocycles. The number of hydrogen-bond donors (Lipinski definition) is 0. The topological polar surface area (TPSA) is 84.5 Å². The standard InChI is InChI=1S/C30H41N5O4/c1-7-20(8-2)34-27(36)21-12-14-23-26-24(15-13-22(25(21)26)28(34)37)30(39)35(29(23)38)33(18-16-31(6)9-3)19-17-32(10-4)11-5/h12-15,20H,7-11,16-19H2,1-6H3. The predicted octanol–water partition coefficient (Wildman–Crippen LogP) is 3.73. The lowest BCUT2D eigenvalue weighted by atomic mass is 9.85. The van der Waals surface area contributed by atoms with E-state index in [-0.39, 0.29) is 17.9 Å². The van der Waals surface area contributed by atoms with Crippen LogP contribution in [-0.2, 0) is 0 Å². The summed E-state index contributed by atoms with van der Waals surface area (Å²) in [6, 6.07) is 6.37. The van der Waals surface area contributed by atoms with Gasteiger partial charge >= 0.3 is 0 Å². The molecule has 0 radical (unpaired) electrons. The van der Waals surface area contributed by atoms with Gasteiger partial charge in [0.05, 0.1) is 11.1 Å². The zero-order valence-electron chi connectivity index (χ0n) is 24.1. The number of benzene rings is 2.